The standard InChI is InChI=1S/C65H42N2/c1-4-17-43(18-5-1)47-21-16-22-49(39-47)61-42-62(50-36-37-56-55-29-14-15-30-59(55)65(60(56)41-50,51-23-6-2-7-24-51)52-25-8-3-9-26-52)67-64(66-61)46-33-31-45(32-34-46)63-54-28-13-11-20-48(54)40-58-53-27-12-10-19-44(53)35-38-57(58)63/h1-42H. The molecule has 0 unspecified atom stereocenters. The van der Waals surface area contributed by atoms with Gasteiger partial charge in [-0.2, -0.15) is 0 Å². The maximum atomic E-state index is 5.47. The number of hydrogen-bond donors (Lipinski definition) is 0. The molecule has 0 aliphatic heterocycles. The van der Waals surface area contributed by atoms with E-state index in [4.69, 9.17) is 9.97 Å². The first kappa shape index (κ1) is 38.7. The highest BCUT2D eigenvalue weighted by molar-refractivity contribution is 6.20. The van der Waals surface area contributed by atoms with E-state index in [-0.39, 0.29) is 0 Å². The number of hydrogen-bond acceptors (Lipinski definition) is 2. The predicted molar refractivity (Wildman–Crippen MR) is 279 cm³/mol. The second kappa shape index (κ2) is 15.8. The first-order chi connectivity index (χ1) is 33.2. The first-order valence-electron chi connectivity index (χ1n) is 23.1. The van der Waals surface area contributed by atoms with Crippen molar-refractivity contribution in [2.75, 3.05) is 0 Å². The topological polar surface area (TPSA) is 25.8 Å². The van der Waals surface area contributed by atoms with Crippen LogP contribution in [0.4, 0.5) is 0 Å². The van der Waals surface area contributed by atoms with Gasteiger partial charge >= 0.3 is 0 Å². The highest BCUT2D eigenvalue weighted by Crippen LogP contribution is 2.56. The van der Waals surface area contributed by atoms with E-state index in [2.05, 4.69) is 255 Å². The average Bonchev–Trinajstić information content (AvgIpc) is 3.71. The number of fused-ring (bicyclic) bond motifs is 7. The van der Waals surface area contributed by atoms with Crippen LogP contribution in [-0.4, -0.2) is 9.97 Å². The van der Waals surface area contributed by atoms with E-state index in [1.807, 2.05) is 0 Å². The largest absolute Gasteiger partial charge is 0.228 e. The van der Waals surface area contributed by atoms with Gasteiger partial charge in [-0.25, -0.2) is 9.97 Å². The molecule has 1 aliphatic rings. The summed E-state index contributed by atoms with van der Waals surface area (Å²) in [5.74, 6) is 0.680. The summed E-state index contributed by atoms with van der Waals surface area (Å²) in [7, 11) is 0. The molecular weight excluding hydrogens is 809 g/mol. The van der Waals surface area contributed by atoms with Crippen molar-refractivity contribution in [3.8, 4) is 67.3 Å². The molecule has 1 aliphatic carbocycles. The fraction of sp³-hybridized carbons (Fsp3) is 0.0154. The molecule has 1 aromatic heterocycles. The molecule has 0 N–H and O–H groups in total. The zero-order chi connectivity index (χ0) is 44.3. The number of nitrogens with zero attached hydrogens (tertiary/aromatic N) is 2. The highest BCUT2D eigenvalue weighted by Gasteiger charge is 2.46. The van der Waals surface area contributed by atoms with Gasteiger partial charge < -0.3 is 0 Å². The van der Waals surface area contributed by atoms with Gasteiger partial charge in [0.05, 0.1) is 16.8 Å². The van der Waals surface area contributed by atoms with Crippen molar-refractivity contribution < 1.29 is 0 Å². The van der Waals surface area contributed by atoms with Crippen LogP contribution in [0, 0.1) is 0 Å². The summed E-state index contributed by atoms with van der Waals surface area (Å²) < 4.78 is 0. The van der Waals surface area contributed by atoms with E-state index in [9.17, 15) is 0 Å². The van der Waals surface area contributed by atoms with Crippen LogP contribution in [0.1, 0.15) is 22.3 Å². The molecule has 0 saturated carbocycles. The lowest BCUT2D eigenvalue weighted by atomic mass is 9.67. The van der Waals surface area contributed by atoms with E-state index in [1.54, 1.807) is 0 Å². The van der Waals surface area contributed by atoms with Gasteiger partial charge in [0.2, 0.25) is 0 Å². The summed E-state index contributed by atoms with van der Waals surface area (Å²) in [6.45, 7) is 0. The molecule has 0 saturated heterocycles. The molecule has 11 aromatic carbocycles. The van der Waals surface area contributed by atoms with Crippen LogP contribution >= 0.6 is 0 Å². The second-order valence-corrected chi connectivity index (χ2v) is 17.6. The molecule has 0 bridgehead atoms. The Morgan fingerprint density at radius 3 is 1.57 bits per heavy atom. The smallest absolute Gasteiger partial charge is 0.160 e. The van der Waals surface area contributed by atoms with Crippen LogP contribution in [0.2, 0.25) is 0 Å². The van der Waals surface area contributed by atoms with Crippen LogP contribution in [0.25, 0.3) is 99.6 Å². The van der Waals surface area contributed by atoms with Gasteiger partial charge in [0.25, 0.3) is 0 Å². The van der Waals surface area contributed by atoms with Crippen LogP contribution in [-0.2, 0) is 5.41 Å². The minimum absolute atomic E-state index is 0.527. The molecule has 0 radical (unpaired) electrons. The van der Waals surface area contributed by atoms with E-state index in [0.29, 0.717) is 5.82 Å². The van der Waals surface area contributed by atoms with Crippen molar-refractivity contribution in [2.45, 2.75) is 5.41 Å². The maximum Gasteiger partial charge on any atom is 0.160 e. The van der Waals surface area contributed by atoms with Crippen molar-refractivity contribution in [1.82, 2.24) is 9.97 Å². The minimum Gasteiger partial charge on any atom is -0.228 e. The third-order valence-electron chi connectivity index (χ3n) is 13.9. The first-order valence-corrected chi connectivity index (χ1v) is 23.1. The van der Waals surface area contributed by atoms with Crippen molar-refractivity contribution in [1.29, 1.82) is 0 Å². The molecular formula is C65H42N2. The van der Waals surface area contributed by atoms with Gasteiger partial charge in [-0.1, -0.05) is 231 Å². The minimum atomic E-state index is -0.527. The Balaban J connectivity index is 1.00. The Kier molecular flexibility index (Phi) is 9.11. The average molecular weight is 851 g/mol. The van der Waals surface area contributed by atoms with Crippen LogP contribution in [0.5, 0.6) is 0 Å². The van der Waals surface area contributed by atoms with Gasteiger partial charge in [0.15, 0.2) is 5.82 Å². The van der Waals surface area contributed by atoms with Gasteiger partial charge in [-0.05, 0) is 112 Å². The summed E-state index contributed by atoms with van der Waals surface area (Å²) in [6, 6.07) is 92.5. The Hall–Kier alpha value is -8.72. The third kappa shape index (κ3) is 6.33. The zero-order valence-electron chi connectivity index (χ0n) is 36.6. The van der Waals surface area contributed by atoms with Gasteiger partial charge in [-0.3, -0.25) is 0 Å². The molecule has 2 heteroatoms. The molecule has 0 amide bonds. The Bertz CT molecular complexity index is 3800. The fourth-order valence-corrected chi connectivity index (χ4v) is 10.9. The molecule has 312 valence electrons. The number of rotatable bonds is 7. The van der Waals surface area contributed by atoms with Crippen molar-refractivity contribution >= 4 is 32.3 Å². The Morgan fingerprint density at radius 1 is 0.269 bits per heavy atom. The molecule has 1 heterocycles. The quantitative estimate of drug-likeness (QED) is 0.118. The molecule has 67 heavy (non-hydrogen) atoms. The van der Waals surface area contributed by atoms with Crippen LogP contribution < -0.4 is 0 Å². The lowest BCUT2D eigenvalue weighted by Crippen LogP contribution is -2.28. The van der Waals surface area contributed by atoms with Crippen molar-refractivity contribution in [2.24, 2.45) is 0 Å². The molecule has 0 fully saturated rings. The van der Waals surface area contributed by atoms with Gasteiger partial charge in [0.1, 0.15) is 0 Å². The summed E-state index contributed by atoms with van der Waals surface area (Å²) in [4.78, 5) is 10.9. The van der Waals surface area contributed by atoms with E-state index in [1.165, 1.54) is 76.8 Å². The van der Waals surface area contributed by atoms with Gasteiger partial charge in [-0.15, -0.1) is 0 Å². The van der Waals surface area contributed by atoms with Gasteiger partial charge in [0, 0.05) is 16.7 Å². The molecule has 2 nitrogen and oxygen atoms in total. The lowest BCUT2D eigenvalue weighted by Gasteiger charge is -2.34. The van der Waals surface area contributed by atoms with E-state index in [0.717, 1.165) is 39.2 Å². The molecule has 0 atom stereocenters. The summed E-state index contributed by atoms with van der Waals surface area (Å²) >= 11 is 0. The van der Waals surface area contributed by atoms with Crippen LogP contribution in [0.15, 0.2) is 255 Å². The molecule has 12 aromatic rings. The van der Waals surface area contributed by atoms with Crippen molar-refractivity contribution in [3.63, 3.8) is 0 Å². The second-order valence-electron chi connectivity index (χ2n) is 17.6. The normalized spacial score (nSPS) is 12.6. The Morgan fingerprint density at radius 2 is 0.821 bits per heavy atom. The van der Waals surface area contributed by atoms with E-state index >= 15 is 0 Å². The summed E-state index contributed by atoms with van der Waals surface area (Å²) in [5, 5.41) is 7.47. The predicted octanol–water partition coefficient (Wildman–Crippen LogP) is 16.6. The SMILES string of the molecule is c1ccc(-c2cccc(-c3cc(-c4ccc5c(c4)C(c4ccccc4)(c4ccccc4)c4ccccc4-5)nc(-c4ccc(-c5c6ccccc6cc6c5ccc5ccccc56)cc4)n3)c2)cc1. The lowest BCUT2D eigenvalue weighted by molar-refractivity contribution is 0.768. The van der Waals surface area contributed by atoms with Crippen LogP contribution in [0.3, 0.4) is 0 Å². The molecule has 0 spiro atoms. The summed E-state index contributed by atoms with van der Waals surface area (Å²) in [6.07, 6.45) is 0. The van der Waals surface area contributed by atoms with E-state index < -0.39 is 5.41 Å². The zero-order valence-corrected chi connectivity index (χ0v) is 36.6. The highest BCUT2D eigenvalue weighted by atomic mass is 14.9. The monoisotopic (exact) mass is 850 g/mol. The fourth-order valence-electron chi connectivity index (χ4n) is 10.9. The maximum absolute atomic E-state index is 5.47. The number of aromatic nitrogens is 2. The molecule has 13 rings (SSSR count). The Labute approximate surface area is 390 Å². The number of benzene rings is 11. The summed E-state index contributed by atoms with van der Waals surface area (Å²) in [5.41, 5.74) is 16.4. The van der Waals surface area contributed by atoms with Crippen molar-refractivity contribution in [3.05, 3.63) is 277 Å². The third-order valence-corrected chi connectivity index (χ3v) is 13.9.